The number of para-hydroxylation sites is 1. The summed E-state index contributed by atoms with van der Waals surface area (Å²) in [6.45, 7) is -0.564. The summed E-state index contributed by atoms with van der Waals surface area (Å²) >= 11 is 0. The largest absolute Gasteiger partial charge is 0.457 e. The van der Waals surface area contributed by atoms with Crippen LogP contribution in [0.5, 0.6) is 0 Å². The monoisotopic (exact) mass is 449 g/mol. The molecule has 0 saturated carbocycles. The molecule has 9 heteroatoms. The van der Waals surface area contributed by atoms with Crippen molar-refractivity contribution in [2.75, 3.05) is 11.4 Å². The first kappa shape index (κ1) is 22.4. The molecule has 0 aromatic heterocycles. The topological polar surface area (TPSA) is 63.7 Å². The Hall–Kier alpha value is -3.33. The number of carbonyl (C=O) groups is 1. The maximum atomic E-state index is 13.0. The second kappa shape index (κ2) is 8.81. The molecule has 0 N–H and O–H groups in total. The van der Waals surface area contributed by atoms with E-state index in [1.165, 1.54) is 49.5 Å². The highest BCUT2D eigenvalue weighted by atomic mass is 32.2. The van der Waals surface area contributed by atoms with E-state index in [0.29, 0.717) is 5.69 Å². The van der Waals surface area contributed by atoms with Gasteiger partial charge in [-0.05, 0) is 42.5 Å². The van der Waals surface area contributed by atoms with Gasteiger partial charge in [0.1, 0.15) is 6.61 Å². The predicted octanol–water partition coefficient (Wildman–Crippen LogP) is 4.89. The third-order valence-electron chi connectivity index (χ3n) is 4.55. The van der Waals surface area contributed by atoms with Crippen LogP contribution >= 0.6 is 0 Å². The van der Waals surface area contributed by atoms with Crippen molar-refractivity contribution >= 4 is 21.7 Å². The number of carbonyl (C=O) groups excluding carboxylic acids is 1. The van der Waals surface area contributed by atoms with Crippen LogP contribution in [0.2, 0.25) is 0 Å². The van der Waals surface area contributed by atoms with Gasteiger partial charge in [-0.15, -0.1) is 0 Å². The quantitative estimate of drug-likeness (QED) is 0.503. The molecule has 0 amide bonds. The summed E-state index contributed by atoms with van der Waals surface area (Å²) < 4.78 is 70.7. The fourth-order valence-electron chi connectivity index (χ4n) is 2.85. The van der Waals surface area contributed by atoms with Crippen molar-refractivity contribution in [2.24, 2.45) is 0 Å². The molecule has 0 fully saturated rings. The van der Waals surface area contributed by atoms with E-state index >= 15 is 0 Å². The lowest BCUT2D eigenvalue weighted by Crippen LogP contribution is -2.26. The summed E-state index contributed by atoms with van der Waals surface area (Å²) in [5.74, 6) is -0.864. The van der Waals surface area contributed by atoms with Gasteiger partial charge in [0.05, 0.1) is 21.7 Å². The zero-order valence-corrected chi connectivity index (χ0v) is 17.2. The average molecular weight is 449 g/mol. The van der Waals surface area contributed by atoms with Crippen LogP contribution in [0.25, 0.3) is 0 Å². The van der Waals surface area contributed by atoms with E-state index in [-0.39, 0.29) is 16.0 Å². The molecule has 0 heterocycles. The van der Waals surface area contributed by atoms with E-state index in [4.69, 9.17) is 4.74 Å². The van der Waals surface area contributed by atoms with Crippen LogP contribution in [0.4, 0.5) is 18.9 Å². The smallest absolute Gasteiger partial charge is 0.416 e. The SMILES string of the molecule is CN(c1ccccc1)S(=O)(=O)c1ccc(C(=O)OCc2ccccc2C(F)(F)F)cc1. The molecule has 0 bridgehead atoms. The lowest BCUT2D eigenvalue weighted by atomic mass is 10.1. The van der Waals surface area contributed by atoms with Crippen molar-refractivity contribution < 1.29 is 31.1 Å². The van der Waals surface area contributed by atoms with E-state index in [9.17, 15) is 26.4 Å². The molecule has 0 saturated heterocycles. The summed E-state index contributed by atoms with van der Waals surface area (Å²) in [4.78, 5) is 12.2. The molecule has 0 atom stereocenters. The summed E-state index contributed by atoms with van der Waals surface area (Å²) in [7, 11) is -2.45. The number of nitrogens with zero attached hydrogens (tertiary/aromatic N) is 1. The number of hydrogen-bond donors (Lipinski definition) is 0. The molecule has 0 spiro atoms. The van der Waals surface area contributed by atoms with Crippen LogP contribution in [0.3, 0.4) is 0 Å². The average Bonchev–Trinajstić information content (AvgIpc) is 2.77. The third-order valence-corrected chi connectivity index (χ3v) is 6.35. The van der Waals surface area contributed by atoms with Crippen LogP contribution in [-0.4, -0.2) is 21.4 Å². The van der Waals surface area contributed by atoms with Gasteiger partial charge in [0.2, 0.25) is 0 Å². The maximum Gasteiger partial charge on any atom is 0.416 e. The number of benzene rings is 3. The zero-order valence-electron chi connectivity index (χ0n) is 16.3. The lowest BCUT2D eigenvalue weighted by Gasteiger charge is -2.19. The van der Waals surface area contributed by atoms with E-state index in [1.54, 1.807) is 30.3 Å². The Morgan fingerprint density at radius 2 is 1.48 bits per heavy atom. The Balaban J connectivity index is 1.73. The lowest BCUT2D eigenvalue weighted by molar-refractivity contribution is -0.138. The Bertz CT molecular complexity index is 1160. The summed E-state index contributed by atoms with van der Waals surface area (Å²) in [5.41, 5.74) is -0.569. The molecule has 3 aromatic carbocycles. The zero-order chi connectivity index (χ0) is 22.6. The van der Waals surface area contributed by atoms with Crippen molar-refractivity contribution in [3.05, 3.63) is 95.6 Å². The molecule has 3 rings (SSSR count). The minimum Gasteiger partial charge on any atom is -0.457 e. The van der Waals surface area contributed by atoms with E-state index < -0.39 is 34.3 Å². The molecule has 0 radical (unpaired) electrons. The van der Waals surface area contributed by atoms with Crippen molar-refractivity contribution in [1.82, 2.24) is 0 Å². The predicted molar refractivity (Wildman–Crippen MR) is 109 cm³/mol. The minimum absolute atomic E-state index is 0.0193. The number of ether oxygens (including phenoxy) is 1. The van der Waals surface area contributed by atoms with Gasteiger partial charge < -0.3 is 4.74 Å². The van der Waals surface area contributed by atoms with Gasteiger partial charge in [-0.2, -0.15) is 13.2 Å². The number of hydrogen-bond acceptors (Lipinski definition) is 4. The van der Waals surface area contributed by atoms with E-state index in [1.807, 2.05) is 0 Å². The maximum absolute atomic E-state index is 13.0. The molecule has 31 heavy (non-hydrogen) atoms. The molecular weight excluding hydrogens is 431 g/mol. The molecule has 0 unspecified atom stereocenters. The second-order valence-corrected chi connectivity index (χ2v) is 8.53. The summed E-state index contributed by atoms with van der Waals surface area (Å²) in [5, 5.41) is 0. The highest BCUT2D eigenvalue weighted by molar-refractivity contribution is 7.92. The van der Waals surface area contributed by atoms with Crippen molar-refractivity contribution in [3.8, 4) is 0 Å². The highest BCUT2D eigenvalue weighted by Crippen LogP contribution is 2.32. The van der Waals surface area contributed by atoms with Crippen LogP contribution in [0.15, 0.2) is 83.8 Å². The van der Waals surface area contributed by atoms with Crippen LogP contribution < -0.4 is 4.31 Å². The molecule has 0 aliphatic rings. The Labute approximate surface area is 177 Å². The normalized spacial score (nSPS) is 11.7. The number of halogens is 3. The number of alkyl halides is 3. The van der Waals surface area contributed by atoms with Gasteiger partial charge in [-0.25, -0.2) is 13.2 Å². The first-order valence-corrected chi connectivity index (χ1v) is 10.5. The van der Waals surface area contributed by atoms with Gasteiger partial charge in [-0.1, -0.05) is 36.4 Å². The third kappa shape index (κ3) is 5.05. The van der Waals surface area contributed by atoms with Crippen LogP contribution in [-0.2, 0) is 27.5 Å². The number of esters is 1. The van der Waals surface area contributed by atoms with Crippen LogP contribution in [0.1, 0.15) is 21.5 Å². The summed E-state index contributed by atoms with van der Waals surface area (Å²) in [6, 6.07) is 18.3. The van der Waals surface area contributed by atoms with E-state index in [0.717, 1.165) is 10.4 Å². The number of rotatable bonds is 6. The fraction of sp³-hybridized carbons (Fsp3) is 0.136. The standard InChI is InChI=1S/C22H18F3NO4S/c1-26(18-8-3-2-4-9-18)31(28,29)19-13-11-16(12-14-19)21(27)30-15-17-7-5-6-10-20(17)22(23,24)25/h2-14H,15H2,1H3. The van der Waals surface area contributed by atoms with Gasteiger partial charge >= 0.3 is 12.1 Å². The first-order chi connectivity index (χ1) is 14.6. The van der Waals surface area contributed by atoms with Crippen LogP contribution in [0, 0.1) is 0 Å². The molecular formula is C22H18F3NO4S. The van der Waals surface area contributed by atoms with Crippen molar-refractivity contribution in [2.45, 2.75) is 17.7 Å². The molecule has 0 aliphatic carbocycles. The Morgan fingerprint density at radius 1 is 0.903 bits per heavy atom. The fourth-order valence-corrected chi connectivity index (χ4v) is 4.04. The highest BCUT2D eigenvalue weighted by Gasteiger charge is 2.33. The van der Waals surface area contributed by atoms with Gasteiger partial charge in [0, 0.05) is 12.6 Å². The first-order valence-electron chi connectivity index (χ1n) is 9.07. The minimum atomic E-state index is -4.57. The number of anilines is 1. The van der Waals surface area contributed by atoms with Gasteiger partial charge in [0.25, 0.3) is 10.0 Å². The van der Waals surface area contributed by atoms with Gasteiger partial charge in [-0.3, -0.25) is 4.31 Å². The Kier molecular flexibility index (Phi) is 6.35. The van der Waals surface area contributed by atoms with Gasteiger partial charge in [0.15, 0.2) is 0 Å². The van der Waals surface area contributed by atoms with E-state index in [2.05, 4.69) is 0 Å². The summed E-state index contributed by atoms with van der Waals surface area (Å²) in [6.07, 6.45) is -4.57. The molecule has 0 aliphatic heterocycles. The van der Waals surface area contributed by atoms with Crippen molar-refractivity contribution in [3.63, 3.8) is 0 Å². The molecule has 162 valence electrons. The Morgan fingerprint density at radius 3 is 2.10 bits per heavy atom. The second-order valence-electron chi connectivity index (χ2n) is 6.56. The molecule has 5 nitrogen and oxygen atoms in total. The molecule has 3 aromatic rings. The number of sulfonamides is 1. The van der Waals surface area contributed by atoms with Crippen molar-refractivity contribution in [1.29, 1.82) is 0 Å².